The first kappa shape index (κ1) is 12.4. The lowest BCUT2D eigenvalue weighted by atomic mass is 10.0. The highest BCUT2D eigenvalue weighted by Crippen LogP contribution is 2.32. The molecule has 0 amide bonds. The van der Waals surface area contributed by atoms with Crippen molar-refractivity contribution in [3.63, 3.8) is 0 Å². The summed E-state index contributed by atoms with van der Waals surface area (Å²) in [6, 6.07) is 17.9. The molecule has 0 aliphatic heterocycles. The number of hydrazine groups is 1. The van der Waals surface area contributed by atoms with Gasteiger partial charge in [-0.05, 0) is 17.7 Å². The zero-order valence-electron chi connectivity index (χ0n) is 11.1. The zero-order chi connectivity index (χ0) is 13.9. The molecule has 0 saturated carbocycles. The Hall–Kier alpha value is -2.59. The van der Waals surface area contributed by atoms with Crippen molar-refractivity contribution in [2.75, 3.05) is 12.5 Å². The van der Waals surface area contributed by atoms with Crippen molar-refractivity contribution in [1.29, 1.82) is 0 Å². The zero-order valence-corrected chi connectivity index (χ0v) is 11.1. The molecule has 3 rings (SSSR count). The van der Waals surface area contributed by atoms with Crippen LogP contribution in [0, 0.1) is 0 Å². The van der Waals surface area contributed by atoms with Gasteiger partial charge >= 0.3 is 0 Å². The van der Waals surface area contributed by atoms with Gasteiger partial charge in [0.15, 0.2) is 0 Å². The third-order valence-electron chi connectivity index (χ3n) is 3.25. The van der Waals surface area contributed by atoms with Crippen LogP contribution in [0.3, 0.4) is 0 Å². The fraction of sp³-hybridized carbons (Fsp3) is 0.0625. The van der Waals surface area contributed by atoms with E-state index in [-0.39, 0.29) is 0 Å². The summed E-state index contributed by atoms with van der Waals surface area (Å²) in [5.74, 6) is 6.98. The minimum Gasteiger partial charge on any atom is -0.494 e. The summed E-state index contributed by atoms with van der Waals surface area (Å²) in [7, 11) is 1.64. The summed E-state index contributed by atoms with van der Waals surface area (Å²) in [6.45, 7) is 0. The number of nitrogen functional groups attached to an aromatic ring is 1. The SMILES string of the molecule is COc1cccc2cc(-c3ccccc3)c(NN)nc12. The Kier molecular flexibility index (Phi) is 3.23. The van der Waals surface area contributed by atoms with E-state index in [1.807, 2.05) is 48.5 Å². The summed E-state index contributed by atoms with van der Waals surface area (Å²) in [5.41, 5.74) is 5.50. The lowest BCUT2D eigenvalue weighted by Crippen LogP contribution is -2.10. The van der Waals surface area contributed by atoms with Crippen LogP contribution in [-0.2, 0) is 0 Å². The Morgan fingerprint density at radius 1 is 1.05 bits per heavy atom. The second-order valence-corrected chi connectivity index (χ2v) is 4.43. The summed E-state index contributed by atoms with van der Waals surface area (Å²) < 4.78 is 5.34. The van der Waals surface area contributed by atoms with Crippen LogP contribution >= 0.6 is 0 Å². The van der Waals surface area contributed by atoms with Crippen molar-refractivity contribution in [2.45, 2.75) is 0 Å². The second kappa shape index (κ2) is 5.19. The Balaban J connectivity index is 2.28. The largest absolute Gasteiger partial charge is 0.494 e. The highest BCUT2D eigenvalue weighted by Gasteiger charge is 2.10. The molecule has 1 aromatic heterocycles. The van der Waals surface area contributed by atoms with Crippen molar-refractivity contribution in [2.24, 2.45) is 5.84 Å². The first-order valence-electron chi connectivity index (χ1n) is 6.33. The summed E-state index contributed by atoms with van der Waals surface area (Å²) in [6.07, 6.45) is 0. The molecule has 4 nitrogen and oxygen atoms in total. The van der Waals surface area contributed by atoms with Crippen molar-refractivity contribution in [1.82, 2.24) is 4.98 Å². The van der Waals surface area contributed by atoms with Crippen LogP contribution < -0.4 is 16.0 Å². The van der Waals surface area contributed by atoms with Gasteiger partial charge in [0.05, 0.1) is 7.11 Å². The molecule has 0 fully saturated rings. The number of pyridine rings is 1. The van der Waals surface area contributed by atoms with Gasteiger partial charge in [0.1, 0.15) is 17.1 Å². The van der Waals surface area contributed by atoms with Crippen LogP contribution in [0.2, 0.25) is 0 Å². The van der Waals surface area contributed by atoms with Gasteiger partial charge in [0, 0.05) is 10.9 Å². The molecule has 3 N–H and O–H groups in total. The van der Waals surface area contributed by atoms with Crippen LogP contribution in [0.4, 0.5) is 5.82 Å². The number of benzene rings is 2. The number of rotatable bonds is 3. The highest BCUT2D eigenvalue weighted by molar-refractivity contribution is 5.92. The van der Waals surface area contributed by atoms with Crippen LogP contribution in [0.25, 0.3) is 22.0 Å². The van der Waals surface area contributed by atoms with E-state index in [1.165, 1.54) is 0 Å². The van der Waals surface area contributed by atoms with Crippen LogP contribution in [0.15, 0.2) is 54.6 Å². The van der Waals surface area contributed by atoms with Gasteiger partial charge in [-0.15, -0.1) is 0 Å². The molecular formula is C16H15N3O. The van der Waals surface area contributed by atoms with E-state index < -0.39 is 0 Å². The minimum atomic E-state index is 0.633. The molecular weight excluding hydrogens is 250 g/mol. The standard InChI is InChI=1S/C16H15N3O/c1-20-14-9-5-8-12-10-13(11-6-3-2-4-7-11)16(19-17)18-15(12)14/h2-10H,17H2,1H3,(H,18,19). The fourth-order valence-electron chi connectivity index (χ4n) is 2.28. The Morgan fingerprint density at radius 2 is 1.85 bits per heavy atom. The molecule has 4 heteroatoms. The molecule has 0 bridgehead atoms. The number of hydrogen-bond donors (Lipinski definition) is 2. The molecule has 0 aliphatic carbocycles. The maximum atomic E-state index is 5.62. The van der Waals surface area contributed by atoms with Crippen molar-refractivity contribution >= 4 is 16.7 Å². The monoisotopic (exact) mass is 265 g/mol. The molecule has 100 valence electrons. The molecule has 0 atom stereocenters. The molecule has 0 unspecified atom stereocenters. The Morgan fingerprint density at radius 3 is 2.55 bits per heavy atom. The quantitative estimate of drug-likeness (QED) is 0.564. The smallest absolute Gasteiger partial charge is 0.148 e. The van der Waals surface area contributed by atoms with E-state index in [0.29, 0.717) is 5.82 Å². The number of hydrogen-bond acceptors (Lipinski definition) is 4. The van der Waals surface area contributed by atoms with E-state index in [1.54, 1.807) is 7.11 Å². The average molecular weight is 265 g/mol. The maximum absolute atomic E-state index is 5.62. The number of anilines is 1. The lowest BCUT2D eigenvalue weighted by molar-refractivity contribution is 0.419. The summed E-state index contributed by atoms with van der Waals surface area (Å²) in [4.78, 5) is 4.58. The first-order chi connectivity index (χ1) is 9.83. The second-order valence-electron chi connectivity index (χ2n) is 4.43. The van der Waals surface area contributed by atoms with Crippen LogP contribution in [0.5, 0.6) is 5.75 Å². The van der Waals surface area contributed by atoms with Crippen LogP contribution in [0.1, 0.15) is 0 Å². The van der Waals surface area contributed by atoms with Gasteiger partial charge in [0.2, 0.25) is 0 Å². The minimum absolute atomic E-state index is 0.633. The van der Waals surface area contributed by atoms with E-state index in [4.69, 9.17) is 10.6 Å². The van der Waals surface area contributed by atoms with Crippen molar-refractivity contribution in [3.8, 4) is 16.9 Å². The molecule has 2 aromatic carbocycles. The van der Waals surface area contributed by atoms with E-state index in [9.17, 15) is 0 Å². The van der Waals surface area contributed by atoms with Gasteiger partial charge in [-0.2, -0.15) is 0 Å². The van der Waals surface area contributed by atoms with Crippen molar-refractivity contribution < 1.29 is 4.74 Å². The topological polar surface area (TPSA) is 60.2 Å². The molecule has 20 heavy (non-hydrogen) atoms. The average Bonchev–Trinajstić information content (AvgIpc) is 2.53. The number of aromatic nitrogens is 1. The van der Waals surface area contributed by atoms with E-state index in [0.717, 1.165) is 27.8 Å². The maximum Gasteiger partial charge on any atom is 0.148 e. The summed E-state index contributed by atoms with van der Waals surface area (Å²) in [5, 5.41) is 1.02. The first-order valence-corrected chi connectivity index (χ1v) is 6.33. The lowest BCUT2D eigenvalue weighted by Gasteiger charge is -2.12. The van der Waals surface area contributed by atoms with Gasteiger partial charge in [0.25, 0.3) is 0 Å². The van der Waals surface area contributed by atoms with Gasteiger partial charge in [-0.25, -0.2) is 10.8 Å². The van der Waals surface area contributed by atoms with E-state index >= 15 is 0 Å². The molecule has 1 heterocycles. The molecule has 0 radical (unpaired) electrons. The highest BCUT2D eigenvalue weighted by atomic mass is 16.5. The Labute approximate surface area is 117 Å². The third kappa shape index (κ3) is 2.06. The number of para-hydroxylation sites is 1. The predicted molar refractivity (Wildman–Crippen MR) is 81.5 cm³/mol. The number of methoxy groups -OCH3 is 1. The molecule has 0 saturated heterocycles. The number of nitrogens with two attached hydrogens (primary N) is 1. The molecule has 0 spiro atoms. The number of fused-ring (bicyclic) bond motifs is 1. The van der Waals surface area contributed by atoms with Crippen molar-refractivity contribution in [3.05, 3.63) is 54.6 Å². The normalized spacial score (nSPS) is 10.5. The number of nitrogens with one attached hydrogen (secondary N) is 1. The van der Waals surface area contributed by atoms with Gasteiger partial charge in [-0.3, -0.25) is 0 Å². The van der Waals surface area contributed by atoms with Gasteiger partial charge in [-0.1, -0.05) is 42.5 Å². The summed E-state index contributed by atoms with van der Waals surface area (Å²) >= 11 is 0. The molecule has 0 aliphatic rings. The molecule has 3 aromatic rings. The third-order valence-corrected chi connectivity index (χ3v) is 3.25. The van der Waals surface area contributed by atoms with Gasteiger partial charge < -0.3 is 10.2 Å². The number of nitrogens with zero attached hydrogens (tertiary/aromatic N) is 1. The van der Waals surface area contributed by atoms with E-state index in [2.05, 4.69) is 16.5 Å². The predicted octanol–water partition coefficient (Wildman–Crippen LogP) is 3.20. The fourth-order valence-corrected chi connectivity index (χ4v) is 2.28. The van der Waals surface area contributed by atoms with Crippen LogP contribution in [-0.4, -0.2) is 12.1 Å². The Bertz CT molecular complexity index is 741. The number of ether oxygens (including phenoxy) is 1.